The second-order valence-electron chi connectivity index (χ2n) is 21.2. The summed E-state index contributed by atoms with van der Waals surface area (Å²) < 4.78 is 2.70. The Morgan fingerprint density at radius 1 is 0.448 bits per heavy atom. The van der Waals surface area contributed by atoms with Gasteiger partial charge in [-0.05, 0) is 164 Å². The molecule has 4 bridgehead atoms. The minimum atomic E-state index is -0.146. The zero-order valence-corrected chi connectivity index (χ0v) is 38.9. The molecule has 67 heavy (non-hydrogen) atoms. The number of anilines is 3. The lowest BCUT2D eigenvalue weighted by Gasteiger charge is -2.61. The fraction of sp³-hybridized carbons (Fsp3) is 0.200. The van der Waals surface area contributed by atoms with Crippen LogP contribution in [0.5, 0.6) is 0 Å². The number of benzene rings is 9. The molecule has 1 spiro atoms. The maximum Gasteiger partial charge on any atom is 0.0540 e. The van der Waals surface area contributed by atoms with E-state index in [4.69, 9.17) is 0 Å². The first-order valence-electron chi connectivity index (χ1n) is 24.8. The first-order chi connectivity index (χ1) is 32.9. The predicted molar refractivity (Wildman–Crippen MR) is 283 cm³/mol. The Morgan fingerprint density at radius 2 is 1.04 bits per heavy atom. The molecule has 322 valence electrons. The van der Waals surface area contributed by atoms with Crippen molar-refractivity contribution < 1.29 is 0 Å². The molecule has 16 rings (SSSR count). The first-order valence-corrected chi connectivity index (χ1v) is 25.6. The fourth-order valence-corrected chi connectivity index (χ4v) is 16.5. The SMILES string of the molecule is CC1(C)c2ccccc2-c2cccc(-c3ccccc3N(c3ccc(-c4cccc5sc6c7ccccc7ccc6c45)cc3)c3ccc4c(c3)C3(c5ccccc5-4)C4CC5CC(C4)CC3C5)c21. The third-order valence-electron chi connectivity index (χ3n) is 17.6. The van der Waals surface area contributed by atoms with Gasteiger partial charge in [0.1, 0.15) is 0 Å². The average molecular weight is 878 g/mol. The van der Waals surface area contributed by atoms with Crippen molar-refractivity contribution in [2.24, 2.45) is 23.7 Å². The molecule has 1 aromatic heterocycles. The highest BCUT2D eigenvalue weighted by Gasteiger charge is 2.61. The van der Waals surface area contributed by atoms with Crippen LogP contribution in [0.3, 0.4) is 0 Å². The number of fused-ring (bicyclic) bond motifs is 11. The number of nitrogens with zero attached hydrogens (tertiary/aromatic N) is 1. The maximum absolute atomic E-state index is 2.67. The molecule has 4 saturated carbocycles. The molecule has 0 unspecified atom stereocenters. The molecule has 0 atom stereocenters. The monoisotopic (exact) mass is 877 g/mol. The van der Waals surface area contributed by atoms with Crippen molar-refractivity contribution in [2.75, 3.05) is 4.90 Å². The summed E-state index contributed by atoms with van der Waals surface area (Å²) in [6, 6.07) is 72.3. The topological polar surface area (TPSA) is 3.24 Å². The zero-order chi connectivity index (χ0) is 44.2. The summed E-state index contributed by atoms with van der Waals surface area (Å²) in [5, 5.41) is 5.32. The highest BCUT2D eigenvalue weighted by molar-refractivity contribution is 7.26. The van der Waals surface area contributed by atoms with Gasteiger partial charge in [0.2, 0.25) is 0 Å². The van der Waals surface area contributed by atoms with Crippen LogP contribution in [0.2, 0.25) is 0 Å². The molecular formula is C65H51NS. The van der Waals surface area contributed by atoms with Gasteiger partial charge < -0.3 is 4.90 Å². The molecule has 0 saturated heterocycles. The summed E-state index contributed by atoms with van der Waals surface area (Å²) in [4.78, 5) is 2.60. The third-order valence-corrected chi connectivity index (χ3v) is 18.8. The van der Waals surface area contributed by atoms with Gasteiger partial charge >= 0.3 is 0 Å². The second kappa shape index (κ2) is 13.9. The van der Waals surface area contributed by atoms with Crippen molar-refractivity contribution in [1.82, 2.24) is 0 Å². The van der Waals surface area contributed by atoms with Crippen molar-refractivity contribution >= 4 is 59.3 Å². The number of rotatable bonds is 5. The Kier molecular flexibility index (Phi) is 7.97. The van der Waals surface area contributed by atoms with Crippen LogP contribution in [0.4, 0.5) is 17.1 Å². The van der Waals surface area contributed by atoms with Gasteiger partial charge in [-0.3, -0.25) is 0 Å². The molecule has 0 aliphatic heterocycles. The van der Waals surface area contributed by atoms with E-state index in [0.29, 0.717) is 11.8 Å². The van der Waals surface area contributed by atoms with Crippen molar-refractivity contribution in [2.45, 2.75) is 56.8 Å². The average Bonchev–Trinajstić information content (AvgIpc) is 3.98. The minimum absolute atomic E-state index is 0.0772. The van der Waals surface area contributed by atoms with Gasteiger partial charge in [0.05, 0.1) is 5.69 Å². The van der Waals surface area contributed by atoms with E-state index in [-0.39, 0.29) is 10.8 Å². The Morgan fingerprint density at radius 3 is 1.84 bits per heavy atom. The number of hydrogen-bond donors (Lipinski definition) is 0. The van der Waals surface area contributed by atoms with E-state index in [1.807, 2.05) is 11.3 Å². The lowest BCUT2D eigenvalue weighted by atomic mass is 9.43. The predicted octanol–water partition coefficient (Wildman–Crippen LogP) is 18.0. The van der Waals surface area contributed by atoms with Crippen molar-refractivity contribution in [3.8, 4) is 44.5 Å². The lowest BCUT2D eigenvalue weighted by Crippen LogP contribution is -2.55. The third kappa shape index (κ3) is 5.20. The summed E-state index contributed by atoms with van der Waals surface area (Å²) in [5.41, 5.74) is 20.3. The highest BCUT2D eigenvalue weighted by Crippen LogP contribution is 2.70. The Hall–Kier alpha value is -6.74. The minimum Gasteiger partial charge on any atom is -0.310 e. The maximum atomic E-state index is 2.67. The summed E-state index contributed by atoms with van der Waals surface area (Å²) in [6.45, 7) is 4.84. The molecule has 0 amide bonds. The van der Waals surface area contributed by atoms with E-state index in [1.54, 1.807) is 11.1 Å². The number of hydrogen-bond acceptors (Lipinski definition) is 2. The molecule has 1 nitrogen and oxygen atoms in total. The van der Waals surface area contributed by atoms with Crippen LogP contribution >= 0.6 is 11.3 Å². The van der Waals surface area contributed by atoms with Crippen molar-refractivity contribution in [3.05, 3.63) is 210 Å². The quantitative estimate of drug-likeness (QED) is 0.166. The summed E-state index contributed by atoms with van der Waals surface area (Å²) in [6.07, 6.45) is 6.95. The van der Waals surface area contributed by atoms with E-state index in [1.165, 1.54) is 136 Å². The van der Waals surface area contributed by atoms with Crippen LogP contribution in [0.25, 0.3) is 75.5 Å². The molecule has 6 aliphatic rings. The van der Waals surface area contributed by atoms with Crippen LogP contribution in [-0.4, -0.2) is 0 Å². The normalized spacial score (nSPS) is 22.4. The second-order valence-corrected chi connectivity index (χ2v) is 22.2. The molecule has 10 aromatic rings. The summed E-state index contributed by atoms with van der Waals surface area (Å²) in [5.74, 6) is 3.20. The molecular weight excluding hydrogens is 827 g/mol. The Labute approximate surface area is 397 Å². The van der Waals surface area contributed by atoms with Gasteiger partial charge in [-0.25, -0.2) is 0 Å². The van der Waals surface area contributed by atoms with Crippen LogP contribution in [0, 0.1) is 23.7 Å². The van der Waals surface area contributed by atoms with Crippen LogP contribution in [0.15, 0.2) is 188 Å². The van der Waals surface area contributed by atoms with Crippen molar-refractivity contribution in [3.63, 3.8) is 0 Å². The molecule has 0 N–H and O–H groups in total. The number of para-hydroxylation sites is 1. The molecule has 1 heterocycles. The van der Waals surface area contributed by atoms with E-state index in [9.17, 15) is 0 Å². The van der Waals surface area contributed by atoms with E-state index < -0.39 is 0 Å². The Bertz CT molecular complexity index is 3670. The fourth-order valence-electron chi connectivity index (χ4n) is 15.3. The van der Waals surface area contributed by atoms with Gasteiger partial charge in [-0.1, -0.05) is 166 Å². The summed E-state index contributed by atoms with van der Waals surface area (Å²) in [7, 11) is 0. The van der Waals surface area contributed by atoms with Crippen molar-refractivity contribution in [1.29, 1.82) is 0 Å². The highest BCUT2D eigenvalue weighted by atomic mass is 32.1. The molecule has 6 aliphatic carbocycles. The molecule has 9 aromatic carbocycles. The lowest BCUT2D eigenvalue weighted by molar-refractivity contribution is -0.0399. The van der Waals surface area contributed by atoms with Crippen LogP contribution < -0.4 is 4.90 Å². The largest absolute Gasteiger partial charge is 0.310 e. The van der Waals surface area contributed by atoms with E-state index in [2.05, 4.69) is 207 Å². The molecule has 4 fully saturated rings. The van der Waals surface area contributed by atoms with Gasteiger partial charge in [0, 0.05) is 47.9 Å². The summed E-state index contributed by atoms with van der Waals surface area (Å²) >= 11 is 1.92. The van der Waals surface area contributed by atoms with Crippen LogP contribution in [-0.2, 0) is 10.8 Å². The van der Waals surface area contributed by atoms with Gasteiger partial charge in [0.15, 0.2) is 0 Å². The van der Waals surface area contributed by atoms with Crippen LogP contribution in [0.1, 0.15) is 68.2 Å². The van der Waals surface area contributed by atoms with E-state index >= 15 is 0 Å². The molecule has 0 radical (unpaired) electrons. The smallest absolute Gasteiger partial charge is 0.0540 e. The van der Waals surface area contributed by atoms with Gasteiger partial charge in [-0.2, -0.15) is 0 Å². The van der Waals surface area contributed by atoms with Gasteiger partial charge in [0.25, 0.3) is 0 Å². The van der Waals surface area contributed by atoms with E-state index in [0.717, 1.165) is 11.8 Å². The number of thiophene rings is 1. The molecule has 2 heteroatoms. The Balaban J connectivity index is 0.936. The van der Waals surface area contributed by atoms with Gasteiger partial charge in [-0.15, -0.1) is 11.3 Å². The zero-order valence-electron chi connectivity index (χ0n) is 38.1. The standard InChI is InChI=1S/C65H51NS/c1-64(2)56-21-8-5-16-50(56)53-19-11-20-54(62(53)64)52-17-7-10-23-59(52)66(45-28-25-42(26-29-45)47-18-12-24-60-61(47)55-31-27-41-13-3-4-14-48(41)63(55)67-60)46-30-32-51-49-15-6-9-22-57(49)65(58(51)38-46)43-34-39-33-40(36-43)37-44(65)35-39/h3-32,38-40,43-44H,33-37H2,1-2H3. The first kappa shape index (κ1) is 38.4.